The van der Waals surface area contributed by atoms with Gasteiger partial charge in [-0.3, -0.25) is 4.79 Å². The number of hydrogen-bond acceptors (Lipinski definition) is 2. The van der Waals surface area contributed by atoms with Gasteiger partial charge in [0.25, 0.3) is 0 Å². The molecular weight excluding hydrogens is 248 g/mol. The molecule has 5 saturated carbocycles. The Morgan fingerprint density at radius 1 is 1.15 bits per heavy atom. The monoisotopic (exact) mass is 276 g/mol. The number of nitrogens with two attached hydrogens (primary N) is 1. The van der Waals surface area contributed by atoms with E-state index in [1.165, 1.54) is 19.3 Å². The van der Waals surface area contributed by atoms with Crippen molar-refractivity contribution in [2.45, 2.75) is 64.3 Å². The van der Waals surface area contributed by atoms with Crippen LogP contribution in [0.25, 0.3) is 0 Å². The number of nitrogens with one attached hydrogen (secondary N) is 1. The molecule has 0 saturated heterocycles. The highest BCUT2D eigenvalue weighted by molar-refractivity contribution is 5.83. The lowest BCUT2D eigenvalue weighted by atomic mass is 9.44. The van der Waals surface area contributed by atoms with Crippen LogP contribution in [0.2, 0.25) is 0 Å². The van der Waals surface area contributed by atoms with Crippen LogP contribution in [0.5, 0.6) is 0 Å². The second-order valence-corrected chi connectivity index (χ2v) is 8.86. The molecule has 5 rings (SSSR count). The SMILES string of the molecule is CC12CC3CC(C1)CC(C(=O)NCC1CC(N)C1)(C3)C2. The van der Waals surface area contributed by atoms with Crippen molar-refractivity contribution in [1.29, 1.82) is 0 Å². The Morgan fingerprint density at radius 2 is 1.80 bits per heavy atom. The van der Waals surface area contributed by atoms with E-state index in [0.717, 1.165) is 50.5 Å². The zero-order valence-corrected chi connectivity index (χ0v) is 12.7. The standard InChI is InChI=1S/C17H28N2O/c1-16-5-12-2-13(6-16)8-17(7-12,10-16)15(20)19-9-11-3-14(18)4-11/h11-14H,2-10,18H2,1H3,(H,19,20). The molecule has 0 radical (unpaired) electrons. The van der Waals surface area contributed by atoms with Crippen LogP contribution >= 0.6 is 0 Å². The van der Waals surface area contributed by atoms with Gasteiger partial charge in [0.2, 0.25) is 5.91 Å². The van der Waals surface area contributed by atoms with E-state index in [0.29, 0.717) is 23.3 Å². The van der Waals surface area contributed by atoms with Gasteiger partial charge in [0.05, 0.1) is 5.41 Å². The van der Waals surface area contributed by atoms with Gasteiger partial charge >= 0.3 is 0 Å². The molecule has 0 aromatic heterocycles. The molecule has 1 amide bonds. The molecule has 3 heteroatoms. The molecule has 0 spiro atoms. The third kappa shape index (κ3) is 2.01. The van der Waals surface area contributed by atoms with Crippen molar-refractivity contribution in [3.63, 3.8) is 0 Å². The first-order chi connectivity index (χ1) is 9.46. The van der Waals surface area contributed by atoms with Gasteiger partial charge in [-0.2, -0.15) is 0 Å². The van der Waals surface area contributed by atoms with Crippen LogP contribution in [-0.4, -0.2) is 18.5 Å². The molecule has 0 aliphatic heterocycles. The van der Waals surface area contributed by atoms with E-state index in [1.54, 1.807) is 0 Å². The summed E-state index contributed by atoms with van der Waals surface area (Å²) in [6, 6.07) is 0.385. The summed E-state index contributed by atoms with van der Waals surface area (Å²) in [5.41, 5.74) is 6.28. The summed E-state index contributed by atoms with van der Waals surface area (Å²) in [6.45, 7) is 3.29. The Kier molecular flexibility index (Phi) is 2.77. The lowest BCUT2D eigenvalue weighted by Gasteiger charge is -2.60. The van der Waals surface area contributed by atoms with E-state index in [9.17, 15) is 4.79 Å². The fourth-order valence-corrected chi connectivity index (χ4v) is 6.36. The number of carbonyl (C=O) groups excluding carboxylic acids is 1. The minimum absolute atomic E-state index is 0.00923. The van der Waals surface area contributed by atoms with E-state index in [4.69, 9.17) is 5.73 Å². The summed E-state index contributed by atoms with van der Waals surface area (Å²) >= 11 is 0. The van der Waals surface area contributed by atoms with Crippen LogP contribution in [0, 0.1) is 28.6 Å². The summed E-state index contributed by atoms with van der Waals surface area (Å²) in [7, 11) is 0. The number of rotatable bonds is 3. The highest BCUT2D eigenvalue weighted by Gasteiger charge is 2.58. The van der Waals surface area contributed by atoms with Crippen molar-refractivity contribution in [2.24, 2.45) is 34.3 Å². The molecule has 0 aromatic carbocycles. The minimum atomic E-state index is -0.00923. The van der Waals surface area contributed by atoms with E-state index >= 15 is 0 Å². The zero-order valence-electron chi connectivity index (χ0n) is 12.7. The van der Waals surface area contributed by atoms with E-state index in [2.05, 4.69) is 12.2 Å². The fourth-order valence-electron chi connectivity index (χ4n) is 6.36. The maximum Gasteiger partial charge on any atom is 0.226 e. The quantitative estimate of drug-likeness (QED) is 0.832. The van der Waals surface area contributed by atoms with Gasteiger partial charge in [0, 0.05) is 12.6 Å². The van der Waals surface area contributed by atoms with Gasteiger partial charge in [-0.1, -0.05) is 6.92 Å². The van der Waals surface area contributed by atoms with Crippen molar-refractivity contribution in [1.82, 2.24) is 5.32 Å². The summed E-state index contributed by atoms with van der Waals surface area (Å²) in [5, 5.41) is 3.28. The third-order valence-corrected chi connectivity index (χ3v) is 6.66. The highest BCUT2D eigenvalue weighted by atomic mass is 16.2. The van der Waals surface area contributed by atoms with Gasteiger partial charge in [-0.25, -0.2) is 0 Å². The van der Waals surface area contributed by atoms with Gasteiger partial charge in [0.1, 0.15) is 0 Å². The van der Waals surface area contributed by atoms with Crippen molar-refractivity contribution >= 4 is 5.91 Å². The maximum absolute atomic E-state index is 12.8. The molecule has 2 unspecified atom stereocenters. The number of amides is 1. The van der Waals surface area contributed by atoms with Gasteiger partial charge in [-0.15, -0.1) is 0 Å². The molecule has 2 atom stereocenters. The van der Waals surface area contributed by atoms with Gasteiger partial charge < -0.3 is 11.1 Å². The Balaban J connectivity index is 1.43. The van der Waals surface area contributed by atoms with E-state index < -0.39 is 0 Å². The van der Waals surface area contributed by atoms with E-state index in [-0.39, 0.29) is 5.41 Å². The molecule has 3 N–H and O–H groups in total. The molecule has 4 bridgehead atoms. The van der Waals surface area contributed by atoms with E-state index in [1.807, 2.05) is 0 Å². The minimum Gasteiger partial charge on any atom is -0.355 e. The molecule has 20 heavy (non-hydrogen) atoms. The van der Waals surface area contributed by atoms with Crippen LogP contribution in [0.15, 0.2) is 0 Å². The topological polar surface area (TPSA) is 55.1 Å². The van der Waals surface area contributed by atoms with Gasteiger partial charge in [-0.05, 0) is 74.5 Å². The summed E-state index contributed by atoms with van der Waals surface area (Å²) in [5.74, 6) is 2.66. The lowest BCUT2D eigenvalue weighted by Crippen LogP contribution is -2.57. The zero-order chi connectivity index (χ0) is 14.0. The average Bonchev–Trinajstić information content (AvgIpc) is 2.29. The van der Waals surface area contributed by atoms with Crippen molar-refractivity contribution in [2.75, 3.05) is 6.54 Å². The Bertz CT molecular complexity index is 413. The first-order valence-electron chi connectivity index (χ1n) is 8.50. The fraction of sp³-hybridized carbons (Fsp3) is 0.941. The summed E-state index contributed by atoms with van der Waals surface area (Å²) < 4.78 is 0. The normalized spacial score (nSPS) is 52.7. The molecule has 5 fully saturated rings. The van der Waals surface area contributed by atoms with Gasteiger partial charge in [0.15, 0.2) is 0 Å². The molecular formula is C17H28N2O. The Morgan fingerprint density at radius 3 is 2.35 bits per heavy atom. The van der Waals surface area contributed by atoms with Crippen LogP contribution in [0.4, 0.5) is 0 Å². The van der Waals surface area contributed by atoms with Crippen molar-refractivity contribution in [3.8, 4) is 0 Å². The maximum atomic E-state index is 12.8. The Labute approximate surface area is 122 Å². The number of hydrogen-bond donors (Lipinski definition) is 2. The first-order valence-corrected chi connectivity index (χ1v) is 8.50. The third-order valence-electron chi connectivity index (χ3n) is 6.66. The Hall–Kier alpha value is -0.570. The van der Waals surface area contributed by atoms with Crippen molar-refractivity contribution < 1.29 is 4.79 Å². The summed E-state index contributed by atoms with van der Waals surface area (Å²) in [6.07, 6.45) is 9.79. The molecule has 0 heterocycles. The van der Waals surface area contributed by atoms with Crippen LogP contribution in [0.1, 0.15) is 58.3 Å². The molecule has 5 aliphatic carbocycles. The molecule has 112 valence electrons. The summed E-state index contributed by atoms with van der Waals surface area (Å²) in [4.78, 5) is 12.8. The molecule has 5 aliphatic rings. The average molecular weight is 276 g/mol. The predicted molar refractivity (Wildman–Crippen MR) is 78.9 cm³/mol. The predicted octanol–water partition coefficient (Wildman–Crippen LogP) is 2.45. The lowest BCUT2D eigenvalue weighted by molar-refractivity contribution is -0.155. The smallest absolute Gasteiger partial charge is 0.226 e. The van der Waals surface area contributed by atoms with Crippen LogP contribution in [0.3, 0.4) is 0 Å². The molecule has 3 nitrogen and oxygen atoms in total. The number of carbonyl (C=O) groups is 1. The van der Waals surface area contributed by atoms with Crippen LogP contribution < -0.4 is 11.1 Å². The second kappa shape index (κ2) is 4.22. The van der Waals surface area contributed by atoms with Crippen LogP contribution in [-0.2, 0) is 4.79 Å². The van der Waals surface area contributed by atoms with Crippen molar-refractivity contribution in [3.05, 3.63) is 0 Å². The largest absolute Gasteiger partial charge is 0.355 e. The first kappa shape index (κ1) is 13.1. The molecule has 0 aromatic rings. The highest BCUT2D eigenvalue weighted by Crippen LogP contribution is 2.65. The second-order valence-electron chi connectivity index (χ2n) is 8.86.